The van der Waals surface area contributed by atoms with E-state index in [1.807, 2.05) is 6.92 Å². The van der Waals surface area contributed by atoms with Crippen LogP contribution in [0.2, 0.25) is 0 Å². The molecule has 2 atom stereocenters. The van der Waals surface area contributed by atoms with Crippen LogP contribution in [0.25, 0.3) is 0 Å². The third-order valence-corrected chi connectivity index (χ3v) is 7.55. The van der Waals surface area contributed by atoms with Crippen molar-refractivity contribution in [2.75, 3.05) is 20.3 Å². The lowest BCUT2D eigenvalue weighted by Gasteiger charge is -2.30. The molecular formula is C28H37N5O6S. The van der Waals surface area contributed by atoms with Gasteiger partial charge in [-0.1, -0.05) is 50.3 Å². The van der Waals surface area contributed by atoms with E-state index in [-0.39, 0.29) is 40.9 Å². The topological polar surface area (TPSA) is 156 Å². The average Bonchev–Trinajstić information content (AvgIpc) is 2.92. The van der Waals surface area contributed by atoms with Gasteiger partial charge in [0.05, 0.1) is 35.8 Å². The van der Waals surface area contributed by atoms with Gasteiger partial charge in [0.1, 0.15) is 11.4 Å². The molecule has 3 rings (SSSR count). The van der Waals surface area contributed by atoms with E-state index in [0.29, 0.717) is 23.4 Å². The molecule has 2 aromatic carbocycles. The van der Waals surface area contributed by atoms with Gasteiger partial charge in [-0.15, -0.1) is 5.10 Å². The zero-order valence-electron chi connectivity index (χ0n) is 23.2. The van der Waals surface area contributed by atoms with Crippen LogP contribution in [-0.2, 0) is 19.6 Å². The Balaban J connectivity index is 2.06. The van der Waals surface area contributed by atoms with Gasteiger partial charge in [-0.25, -0.2) is 18.1 Å². The van der Waals surface area contributed by atoms with Gasteiger partial charge < -0.3 is 25.6 Å². The Labute approximate surface area is 235 Å². The molecule has 1 aliphatic heterocycles. The number of benzene rings is 2. The normalized spacial score (nSPS) is 16.6. The third kappa shape index (κ3) is 7.07. The van der Waals surface area contributed by atoms with Gasteiger partial charge >= 0.3 is 0 Å². The summed E-state index contributed by atoms with van der Waals surface area (Å²) in [4.78, 5) is 13.0. The van der Waals surface area contributed by atoms with E-state index in [1.165, 1.54) is 30.3 Å². The number of aliphatic hydroxyl groups is 1. The molecule has 1 unspecified atom stereocenters. The second-order valence-electron chi connectivity index (χ2n) is 9.19. The van der Waals surface area contributed by atoms with E-state index in [1.54, 1.807) is 44.2 Å². The summed E-state index contributed by atoms with van der Waals surface area (Å²) >= 11 is 0. The maximum Gasteiger partial charge on any atom is 0.277 e. The molecule has 0 aliphatic carbocycles. The standard InChI is InChI=1S/C28H37N5O6S/c1-6-11-18(3)33-25(19(4)29)28(35)30-27(31-33)22-16-21(14-15-24(22)39-7-2)40(36,37)32-23(17-38-5)26(34)20-12-9-8-10-13-20/h8-10,12-16,23,26,32,34H,3,6-7,11,17,29H2,1-2,4-5H3,(H,30,31,35)/b25-19-/t23?,26-/m0/s1. The Bertz CT molecular complexity index is 1390. The molecule has 5 N–H and O–H groups in total. The van der Waals surface area contributed by atoms with Crippen LogP contribution in [0.4, 0.5) is 0 Å². The number of nitrogens with one attached hydrogen (secondary N) is 2. The highest BCUT2D eigenvalue weighted by Gasteiger charge is 2.32. The first-order valence-corrected chi connectivity index (χ1v) is 14.4. The Morgan fingerprint density at radius 1 is 1.23 bits per heavy atom. The molecule has 40 heavy (non-hydrogen) atoms. The number of hydrazone groups is 1. The molecule has 0 saturated heterocycles. The molecule has 0 spiro atoms. The van der Waals surface area contributed by atoms with E-state index in [2.05, 4.69) is 21.7 Å². The van der Waals surface area contributed by atoms with Crippen LogP contribution in [0.5, 0.6) is 5.75 Å². The minimum Gasteiger partial charge on any atom is -0.493 e. The number of carbonyl (C=O) groups is 1. The number of ether oxygens (including phenoxy) is 2. The highest BCUT2D eigenvalue weighted by Crippen LogP contribution is 2.28. The van der Waals surface area contributed by atoms with Crippen molar-refractivity contribution in [3.8, 4) is 5.75 Å². The number of hydrogen-bond donors (Lipinski definition) is 4. The van der Waals surface area contributed by atoms with Crippen molar-refractivity contribution in [3.05, 3.63) is 83.3 Å². The molecule has 1 aliphatic rings. The molecule has 11 nitrogen and oxygen atoms in total. The van der Waals surface area contributed by atoms with Crippen molar-refractivity contribution in [3.63, 3.8) is 0 Å². The summed E-state index contributed by atoms with van der Waals surface area (Å²) in [5, 5.41) is 19.6. The summed E-state index contributed by atoms with van der Waals surface area (Å²) in [5.74, 6) is -0.121. The number of methoxy groups -OCH3 is 1. The minimum absolute atomic E-state index is 0.0746. The lowest BCUT2D eigenvalue weighted by atomic mass is 10.0. The zero-order chi connectivity index (χ0) is 29.4. The molecule has 0 aromatic heterocycles. The summed E-state index contributed by atoms with van der Waals surface area (Å²) in [6.07, 6.45) is 0.157. The van der Waals surface area contributed by atoms with Crippen molar-refractivity contribution in [2.45, 2.75) is 50.7 Å². The van der Waals surface area contributed by atoms with Crippen LogP contribution in [0.15, 0.2) is 82.2 Å². The number of sulfonamides is 1. The van der Waals surface area contributed by atoms with E-state index >= 15 is 0 Å². The van der Waals surface area contributed by atoms with Gasteiger partial charge in [0.25, 0.3) is 5.91 Å². The van der Waals surface area contributed by atoms with Crippen molar-refractivity contribution in [1.29, 1.82) is 0 Å². The summed E-state index contributed by atoms with van der Waals surface area (Å²) in [5.41, 5.74) is 7.71. The van der Waals surface area contributed by atoms with Crippen molar-refractivity contribution in [1.82, 2.24) is 15.0 Å². The average molecular weight is 572 g/mol. The Hall–Kier alpha value is -3.71. The van der Waals surface area contributed by atoms with Crippen molar-refractivity contribution < 1.29 is 27.8 Å². The fourth-order valence-corrected chi connectivity index (χ4v) is 5.44. The minimum atomic E-state index is -4.18. The SMILES string of the molecule is C=C(CCC)N1N=C(c2cc(S(=O)(=O)NC(COC)[C@@H](O)c3ccccc3)ccc2OCC)NC(=O)/C1=C(\C)N. The maximum atomic E-state index is 13.5. The van der Waals surface area contributed by atoms with E-state index in [0.717, 1.165) is 6.42 Å². The number of amides is 1. The van der Waals surface area contributed by atoms with Crippen LogP contribution in [0, 0.1) is 0 Å². The summed E-state index contributed by atoms with van der Waals surface area (Å²) in [6.45, 7) is 9.60. The number of allylic oxidation sites excluding steroid dienone is 2. The number of rotatable bonds is 13. The summed E-state index contributed by atoms with van der Waals surface area (Å²) in [6, 6.07) is 11.9. The van der Waals surface area contributed by atoms with E-state index in [9.17, 15) is 18.3 Å². The highest BCUT2D eigenvalue weighted by atomic mass is 32.2. The number of aliphatic hydroxyl groups excluding tert-OH is 1. The molecule has 0 fully saturated rings. The molecule has 0 saturated carbocycles. The molecule has 12 heteroatoms. The summed E-state index contributed by atoms with van der Waals surface area (Å²) < 4.78 is 40.5. The predicted molar refractivity (Wildman–Crippen MR) is 152 cm³/mol. The summed E-state index contributed by atoms with van der Waals surface area (Å²) in [7, 11) is -2.76. The molecule has 1 heterocycles. The molecule has 1 amide bonds. The monoisotopic (exact) mass is 571 g/mol. The number of carbonyl (C=O) groups excluding carboxylic acids is 1. The largest absolute Gasteiger partial charge is 0.493 e. The first-order chi connectivity index (χ1) is 19.0. The van der Waals surface area contributed by atoms with Crippen molar-refractivity contribution >= 4 is 21.8 Å². The number of amidine groups is 1. The van der Waals surface area contributed by atoms with Gasteiger partial charge in [0.2, 0.25) is 10.0 Å². The van der Waals surface area contributed by atoms with E-state index in [4.69, 9.17) is 15.2 Å². The fraction of sp³-hybridized carbons (Fsp3) is 0.357. The predicted octanol–water partition coefficient (Wildman–Crippen LogP) is 2.71. The van der Waals surface area contributed by atoms with Gasteiger partial charge in [-0.05, 0) is 44.0 Å². The smallest absolute Gasteiger partial charge is 0.277 e. The van der Waals surface area contributed by atoms with Crippen LogP contribution in [-0.4, -0.2) is 56.6 Å². The quantitative estimate of drug-likeness (QED) is 0.268. The second kappa shape index (κ2) is 13.6. The first-order valence-electron chi connectivity index (χ1n) is 12.9. The molecule has 0 radical (unpaired) electrons. The number of hydrogen-bond acceptors (Lipinski definition) is 9. The second-order valence-corrected chi connectivity index (χ2v) is 10.9. The highest BCUT2D eigenvalue weighted by molar-refractivity contribution is 7.89. The van der Waals surface area contributed by atoms with Gasteiger partial charge in [0.15, 0.2) is 5.84 Å². The lowest BCUT2D eigenvalue weighted by Crippen LogP contribution is -2.44. The van der Waals surface area contributed by atoms with Crippen LogP contribution in [0.3, 0.4) is 0 Å². The van der Waals surface area contributed by atoms with Crippen LogP contribution >= 0.6 is 0 Å². The maximum absolute atomic E-state index is 13.5. The van der Waals surface area contributed by atoms with Gasteiger partial charge in [-0.2, -0.15) is 0 Å². The zero-order valence-corrected chi connectivity index (χ0v) is 24.0. The third-order valence-electron chi connectivity index (χ3n) is 6.06. The number of nitrogens with two attached hydrogens (primary N) is 1. The fourth-order valence-electron chi connectivity index (χ4n) is 4.19. The van der Waals surface area contributed by atoms with E-state index < -0.39 is 28.1 Å². The van der Waals surface area contributed by atoms with Gasteiger partial charge in [0, 0.05) is 18.5 Å². The lowest BCUT2D eigenvalue weighted by molar-refractivity contribution is -0.118. The molecule has 0 bridgehead atoms. The Morgan fingerprint density at radius 3 is 2.52 bits per heavy atom. The van der Waals surface area contributed by atoms with Crippen molar-refractivity contribution in [2.24, 2.45) is 10.8 Å². The Morgan fingerprint density at radius 2 is 1.93 bits per heavy atom. The first kappa shape index (κ1) is 30.8. The number of nitrogens with zero attached hydrogens (tertiary/aromatic N) is 2. The van der Waals surface area contributed by atoms with Crippen LogP contribution < -0.4 is 20.5 Å². The van der Waals surface area contributed by atoms with Crippen LogP contribution in [0.1, 0.15) is 50.8 Å². The Kier molecular flexibility index (Phi) is 10.5. The van der Waals surface area contributed by atoms with Gasteiger partial charge in [-0.3, -0.25) is 4.79 Å². The molecule has 2 aromatic rings. The molecular weight excluding hydrogens is 534 g/mol. The molecule has 216 valence electrons.